The second kappa shape index (κ2) is 9.03. The van der Waals surface area contributed by atoms with Crippen LogP contribution in [0.15, 0.2) is 0 Å². The summed E-state index contributed by atoms with van der Waals surface area (Å²) >= 11 is 0. The Kier molecular flexibility index (Phi) is 9.68. The van der Waals surface area contributed by atoms with Gasteiger partial charge in [-0.05, 0) is 20.3 Å². The van der Waals surface area contributed by atoms with Crippen LogP contribution in [-0.4, -0.2) is 31.9 Å². The van der Waals surface area contributed by atoms with E-state index in [9.17, 15) is 31.1 Å². The van der Waals surface area contributed by atoms with Crippen LogP contribution in [-0.2, 0) is 9.53 Å². The average molecular weight is 296 g/mol. The lowest BCUT2D eigenvalue weighted by Crippen LogP contribution is -2.32. The van der Waals surface area contributed by atoms with Crippen molar-refractivity contribution in [3.05, 3.63) is 0 Å². The molecule has 8 heteroatoms. The Morgan fingerprint density at radius 2 is 1.63 bits per heavy atom. The summed E-state index contributed by atoms with van der Waals surface area (Å²) in [5, 5.41) is 0. The molecule has 0 aliphatic heterocycles. The maximum absolute atomic E-state index is 12.8. The number of halogens is 6. The van der Waals surface area contributed by atoms with E-state index in [-0.39, 0.29) is 0 Å². The van der Waals surface area contributed by atoms with Crippen LogP contribution in [0.25, 0.3) is 0 Å². The van der Waals surface area contributed by atoms with Crippen LogP contribution in [0.2, 0.25) is 0 Å². The van der Waals surface area contributed by atoms with Gasteiger partial charge >= 0.3 is 12.6 Å². The van der Waals surface area contributed by atoms with E-state index in [2.05, 4.69) is 4.74 Å². The molecule has 0 aliphatic carbocycles. The SMILES string of the molecule is CCC(C)(C)C(=O)OCC(F)(F)CCF.FC(F)F. The van der Waals surface area contributed by atoms with Gasteiger partial charge in [0.1, 0.15) is 0 Å². The molecule has 19 heavy (non-hydrogen) atoms. The van der Waals surface area contributed by atoms with Crippen molar-refractivity contribution in [1.29, 1.82) is 0 Å². The molecular formula is C11H18F6O2. The molecule has 0 saturated carbocycles. The van der Waals surface area contributed by atoms with E-state index in [0.29, 0.717) is 6.42 Å². The summed E-state index contributed by atoms with van der Waals surface area (Å²) in [4.78, 5) is 11.3. The zero-order chi connectivity index (χ0) is 15.7. The minimum Gasteiger partial charge on any atom is -0.459 e. The van der Waals surface area contributed by atoms with Gasteiger partial charge in [0.2, 0.25) is 0 Å². The van der Waals surface area contributed by atoms with E-state index < -0.39 is 43.7 Å². The Labute approximate surface area is 108 Å². The van der Waals surface area contributed by atoms with Crippen molar-refractivity contribution >= 4 is 5.97 Å². The van der Waals surface area contributed by atoms with Gasteiger partial charge in [-0.2, -0.15) is 13.2 Å². The van der Waals surface area contributed by atoms with Gasteiger partial charge in [-0.3, -0.25) is 9.18 Å². The molecule has 2 nitrogen and oxygen atoms in total. The summed E-state index contributed by atoms with van der Waals surface area (Å²) in [5.41, 5.74) is -0.772. The van der Waals surface area contributed by atoms with Crippen LogP contribution in [0.4, 0.5) is 26.3 Å². The van der Waals surface area contributed by atoms with E-state index in [0.717, 1.165) is 0 Å². The zero-order valence-corrected chi connectivity index (χ0v) is 11.0. The molecule has 116 valence electrons. The summed E-state index contributed by atoms with van der Waals surface area (Å²) in [7, 11) is 0. The minimum absolute atomic E-state index is 0.501. The largest absolute Gasteiger partial charge is 0.459 e. The number of alkyl halides is 6. The van der Waals surface area contributed by atoms with Crippen LogP contribution in [0, 0.1) is 5.41 Å². The maximum atomic E-state index is 12.8. The van der Waals surface area contributed by atoms with Crippen LogP contribution in [0.5, 0.6) is 0 Å². The highest BCUT2D eigenvalue weighted by Crippen LogP contribution is 2.24. The molecule has 0 radical (unpaired) electrons. The average Bonchev–Trinajstić information content (AvgIpc) is 2.25. The van der Waals surface area contributed by atoms with Crippen LogP contribution < -0.4 is 0 Å². The third-order valence-corrected chi connectivity index (χ3v) is 2.31. The first-order valence-electron chi connectivity index (χ1n) is 5.51. The number of carbonyl (C=O) groups excluding carboxylic acids is 1. The predicted octanol–water partition coefficient (Wildman–Crippen LogP) is 4.14. The molecule has 0 fully saturated rings. The van der Waals surface area contributed by atoms with E-state index in [4.69, 9.17) is 0 Å². The van der Waals surface area contributed by atoms with Crippen molar-refractivity contribution in [2.45, 2.75) is 46.2 Å². The summed E-state index contributed by atoms with van der Waals surface area (Å²) in [6.45, 7) is -0.840. The second-order valence-electron chi connectivity index (χ2n) is 4.36. The van der Waals surface area contributed by atoms with Gasteiger partial charge in [0.25, 0.3) is 5.92 Å². The smallest absolute Gasteiger partial charge is 0.379 e. The number of ether oxygens (including phenoxy) is 1. The summed E-state index contributed by atoms with van der Waals surface area (Å²) in [6, 6.07) is 0. The lowest BCUT2D eigenvalue weighted by Gasteiger charge is -2.22. The van der Waals surface area contributed by atoms with Gasteiger partial charge in [-0.1, -0.05) is 6.92 Å². The molecular weight excluding hydrogens is 278 g/mol. The quantitative estimate of drug-likeness (QED) is 0.544. The van der Waals surface area contributed by atoms with Gasteiger partial charge in [0.05, 0.1) is 12.1 Å². The molecule has 0 unspecified atom stereocenters. The Balaban J connectivity index is 0. The van der Waals surface area contributed by atoms with Gasteiger partial charge in [0, 0.05) is 6.42 Å². The van der Waals surface area contributed by atoms with Crippen molar-refractivity contribution in [2.75, 3.05) is 13.3 Å². The third-order valence-electron chi connectivity index (χ3n) is 2.31. The van der Waals surface area contributed by atoms with Crippen LogP contribution in [0.1, 0.15) is 33.6 Å². The predicted molar refractivity (Wildman–Crippen MR) is 57.7 cm³/mol. The number of carbonyl (C=O) groups is 1. The lowest BCUT2D eigenvalue weighted by atomic mass is 9.91. The fourth-order valence-corrected chi connectivity index (χ4v) is 0.721. The fourth-order valence-electron chi connectivity index (χ4n) is 0.721. The number of hydrogen-bond donors (Lipinski definition) is 0. The zero-order valence-electron chi connectivity index (χ0n) is 11.0. The maximum Gasteiger partial charge on any atom is 0.379 e. The first-order chi connectivity index (χ1) is 8.48. The molecule has 0 N–H and O–H groups in total. The van der Waals surface area contributed by atoms with Crippen molar-refractivity contribution in [2.24, 2.45) is 5.41 Å². The molecule has 0 aromatic carbocycles. The molecule has 0 rings (SSSR count). The molecule has 0 spiro atoms. The monoisotopic (exact) mass is 296 g/mol. The first-order valence-corrected chi connectivity index (χ1v) is 5.51. The van der Waals surface area contributed by atoms with Gasteiger partial charge < -0.3 is 4.74 Å². The number of esters is 1. The number of rotatable bonds is 6. The molecule has 0 atom stereocenters. The van der Waals surface area contributed by atoms with Gasteiger partial charge in [0.15, 0.2) is 6.61 Å². The van der Waals surface area contributed by atoms with Crippen molar-refractivity contribution in [3.8, 4) is 0 Å². The fraction of sp³-hybridized carbons (Fsp3) is 0.909. The molecule has 0 bridgehead atoms. The van der Waals surface area contributed by atoms with Crippen LogP contribution in [0.3, 0.4) is 0 Å². The molecule has 0 heterocycles. The molecule has 0 aliphatic rings. The van der Waals surface area contributed by atoms with Gasteiger partial charge in [-0.25, -0.2) is 8.78 Å². The molecule has 0 saturated heterocycles. The Morgan fingerprint density at radius 3 is 1.95 bits per heavy atom. The second-order valence-corrected chi connectivity index (χ2v) is 4.36. The topological polar surface area (TPSA) is 26.3 Å². The lowest BCUT2D eigenvalue weighted by molar-refractivity contribution is -0.166. The summed E-state index contributed by atoms with van der Waals surface area (Å²) in [6.07, 6.45) is -0.409. The van der Waals surface area contributed by atoms with E-state index in [1.54, 1.807) is 20.8 Å². The Bertz CT molecular complexity index is 253. The third kappa shape index (κ3) is 11.9. The Morgan fingerprint density at radius 1 is 1.21 bits per heavy atom. The summed E-state index contributed by atoms with van der Waals surface area (Å²) < 4.78 is 70.7. The first kappa shape index (κ1) is 20.4. The van der Waals surface area contributed by atoms with E-state index in [1.807, 2.05) is 0 Å². The van der Waals surface area contributed by atoms with E-state index in [1.165, 1.54) is 0 Å². The highest BCUT2D eigenvalue weighted by atomic mass is 19.4. The van der Waals surface area contributed by atoms with E-state index >= 15 is 0 Å². The Hall–Kier alpha value is -0.950. The van der Waals surface area contributed by atoms with Crippen molar-refractivity contribution in [1.82, 2.24) is 0 Å². The normalized spacial score (nSPS) is 11.9. The van der Waals surface area contributed by atoms with Crippen LogP contribution >= 0.6 is 0 Å². The minimum atomic E-state index is -3.67. The van der Waals surface area contributed by atoms with Crippen molar-refractivity contribution in [3.63, 3.8) is 0 Å². The molecule has 0 aromatic heterocycles. The van der Waals surface area contributed by atoms with Gasteiger partial charge in [-0.15, -0.1) is 0 Å². The molecule has 0 aromatic rings. The standard InChI is InChI=1S/C10H17F3O2.CHF3/c1-4-9(2,3)8(14)15-7-10(12,13)5-6-11;2-1(3)4/h4-7H2,1-3H3;1H. The molecule has 0 amide bonds. The highest BCUT2D eigenvalue weighted by molar-refractivity contribution is 5.75. The number of hydrogen-bond acceptors (Lipinski definition) is 2. The highest BCUT2D eigenvalue weighted by Gasteiger charge is 2.34. The van der Waals surface area contributed by atoms with Crippen molar-refractivity contribution < 1.29 is 35.9 Å². The summed E-state index contributed by atoms with van der Waals surface area (Å²) in [5.74, 6) is -3.95.